The van der Waals surface area contributed by atoms with E-state index in [0.29, 0.717) is 22.0 Å². The van der Waals surface area contributed by atoms with Crippen LogP contribution in [-0.4, -0.2) is 13.2 Å². The second-order valence-electron chi connectivity index (χ2n) is 7.57. The van der Waals surface area contributed by atoms with E-state index in [1.807, 2.05) is 0 Å². The average molecular weight is 361 g/mol. The van der Waals surface area contributed by atoms with Crippen molar-refractivity contribution in [2.45, 2.75) is 58.2 Å². The summed E-state index contributed by atoms with van der Waals surface area (Å²) in [5.74, 6) is 0.960. The number of hydrogen-bond acceptors (Lipinski definition) is 1. The highest BCUT2D eigenvalue weighted by atomic mass is 28.3. The van der Waals surface area contributed by atoms with Crippen molar-refractivity contribution in [2.24, 2.45) is 0 Å². The van der Waals surface area contributed by atoms with E-state index in [2.05, 4.69) is 53.0 Å². The lowest BCUT2D eigenvalue weighted by molar-refractivity contribution is 0.479. The molecule has 0 aliphatic heterocycles. The van der Waals surface area contributed by atoms with Gasteiger partial charge in [0, 0.05) is 5.39 Å². The van der Waals surface area contributed by atoms with Gasteiger partial charge in [-0.3, -0.25) is 0 Å². The maximum atomic E-state index is 14.5. The number of benzene rings is 2. The van der Waals surface area contributed by atoms with E-state index < -0.39 is 19.7 Å². The molecular weight excluding hydrogens is 334 g/mol. The summed E-state index contributed by atoms with van der Waals surface area (Å²) in [6, 6.07) is 5.85. The van der Waals surface area contributed by atoms with Gasteiger partial charge in [-0.05, 0) is 34.1 Å². The molecule has 2 aromatic carbocycles. The first kappa shape index (κ1) is 19.5. The van der Waals surface area contributed by atoms with Crippen LogP contribution in [0, 0.1) is 23.1 Å². The topological polar surface area (TPSA) is 20.2 Å². The van der Waals surface area contributed by atoms with Crippen LogP contribution in [0.2, 0.25) is 16.6 Å². The Balaban J connectivity index is 2.81. The zero-order valence-corrected chi connectivity index (χ0v) is 16.7. The van der Waals surface area contributed by atoms with Crippen LogP contribution in [0.4, 0.5) is 8.78 Å². The molecule has 0 spiro atoms. The molecule has 0 bridgehead atoms. The smallest absolute Gasteiger partial charge is 0.175 e. The van der Waals surface area contributed by atoms with Gasteiger partial charge >= 0.3 is 0 Å². The highest BCUT2D eigenvalue weighted by Crippen LogP contribution is 2.41. The number of aromatic hydroxyl groups is 1. The number of phenols is 1. The minimum absolute atomic E-state index is 0.0353. The minimum atomic E-state index is -2.09. The molecule has 25 heavy (non-hydrogen) atoms. The molecule has 1 nitrogen and oxygen atoms in total. The predicted molar refractivity (Wildman–Crippen MR) is 103 cm³/mol. The van der Waals surface area contributed by atoms with Crippen molar-refractivity contribution >= 4 is 18.8 Å². The van der Waals surface area contributed by atoms with E-state index in [9.17, 15) is 13.9 Å². The van der Waals surface area contributed by atoms with Crippen molar-refractivity contribution in [2.75, 3.05) is 0 Å². The molecule has 0 aliphatic rings. The highest BCUT2D eigenvalue weighted by Gasteiger charge is 2.41. The van der Waals surface area contributed by atoms with Crippen molar-refractivity contribution in [3.63, 3.8) is 0 Å². The van der Waals surface area contributed by atoms with Gasteiger partial charge in [0.15, 0.2) is 11.6 Å². The fourth-order valence-corrected chi connectivity index (χ4v) is 9.31. The number of rotatable bonds is 3. The average Bonchev–Trinajstić information content (AvgIpc) is 2.50. The lowest BCUT2D eigenvalue weighted by atomic mass is 10.0. The van der Waals surface area contributed by atoms with E-state index in [0.717, 1.165) is 6.07 Å². The highest BCUT2D eigenvalue weighted by molar-refractivity contribution is 6.90. The Bertz CT molecular complexity index is 823. The van der Waals surface area contributed by atoms with Crippen LogP contribution in [0.1, 0.15) is 47.1 Å². The molecular formula is C21H26F2OSi. The van der Waals surface area contributed by atoms with Gasteiger partial charge < -0.3 is 5.11 Å². The Labute approximate surface area is 150 Å². The third kappa shape index (κ3) is 3.30. The number of fused-ring (bicyclic) bond motifs is 1. The molecule has 0 unspecified atom stereocenters. The maximum absolute atomic E-state index is 14.5. The molecule has 4 heteroatoms. The molecule has 0 fully saturated rings. The van der Waals surface area contributed by atoms with E-state index >= 15 is 0 Å². The quantitative estimate of drug-likeness (QED) is 0.496. The summed E-state index contributed by atoms with van der Waals surface area (Å²) in [5.41, 5.74) is 4.53. The summed E-state index contributed by atoms with van der Waals surface area (Å²) in [4.78, 5) is 0. The maximum Gasteiger partial charge on any atom is 0.175 e. The van der Waals surface area contributed by atoms with Crippen LogP contribution in [0.3, 0.4) is 0 Å². The number of phenolic OH excluding ortho intramolecular Hbond substituents is 1. The van der Waals surface area contributed by atoms with Crippen LogP contribution < -0.4 is 0 Å². The minimum Gasteiger partial charge on any atom is -0.507 e. The Morgan fingerprint density at radius 2 is 1.52 bits per heavy atom. The second-order valence-corrected chi connectivity index (χ2v) is 13.1. The third-order valence-electron chi connectivity index (χ3n) is 5.31. The molecule has 0 radical (unpaired) electrons. The molecule has 0 heterocycles. The number of hydrogen-bond donors (Lipinski definition) is 1. The van der Waals surface area contributed by atoms with Gasteiger partial charge in [-0.15, -0.1) is 5.54 Å². The fraction of sp³-hybridized carbons (Fsp3) is 0.429. The van der Waals surface area contributed by atoms with Crippen LogP contribution in [0.5, 0.6) is 5.75 Å². The van der Waals surface area contributed by atoms with Crippen LogP contribution in [0.25, 0.3) is 10.8 Å². The molecule has 0 saturated carbocycles. The van der Waals surface area contributed by atoms with Crippen molar-refractivity contribution < 1.29 is 13.9 Å². The predicted octanol–water partition coefficient (Wildman–Crippen LogP) is 6.39. The Hall–Kier alpha value is -1.86. The van der Waals surface area contributed by atoms with Gasteiger partial charge in [0.05, 0.1) is 5.56 Å². The normalized spacial score (nSPS) is 12.1. The first-order valence-electron chi connectivity index (χ1n) is 8.75. The lowest BCUT2D eigenvalue weighted by Crippen LogP contribution is -2.43. The Morgan fingerprint density at radius 1 is 0.960 bits per heavy atom. The summed E-state index contributed by atoms with van der Waals surface area (Å²) < 4.78 is 28.5. The molecule has 0 aromatic heterocycles. The van der Waals surface area contributed by atoms with Crippen LogP contribution in [-0.2, 0) is 0 Å². The largest absolute Gasteiger partial charge is 0.507 e. The van der Waals surface area contributed by atoms with E-state index in [-0.39, 0.29) is 16.7 Å². The Morgan fingerprint density at radius 3 is 2.04 bits per heavy atom. The van der Waals surface area contributed by atoms with Gasteiger partial charge in [-0.2, -0.15) is 0 Å². The molecule has 0 saturated heterocycles. The standard InChI is InChI=1S/C21H26F2OSi/c1-13(2)25(14(3)4,15(5)6)11-10-17-20-16(8-7-9-19(20)24)12-18(22)21(17)23/h7-9,12-15,24H,1-6H3. The molecule has 0 atom stereocenters. The van der Waals surface area contributed by atoms with Gasteiger partial charge in [0.2, 0.25) is 0 Å². The molecule has 134 valence electrons. The second kappa shape index (κ2) is 7.17. The fourth-order valence-electron chi connectivity index (χ4n) is 4.10. The van der Waals surface area contributed by atoms with Crippen molar-refractivity contribution in [3.05, 3.63) is 41.5 Å². The van der Waals surface area contributed by atoms with Crippen LogP contribution >= 0.6 is 0 Å². The van der Waals surface area contributed by atoms with Crippen molar-refractivity contribution in [1.29, 1.82) is 0 Å². The summed E-state index contributed by atoms with van der Waals surface area (Å²) in [5, 5.41) is 10.9. The SMILES string of the molecule is CC(C)[Si](C#Cc1c(F)c(F)cc2cccc(O)c12)(C(C)C)C(C)C. The Kier molecular flexibility index (Phi) is 5.58. The monoisotopic (exact) mass is 360 g/mol. The first-order valence-corrected chi connectivity index (χ1v) is 11.0. The summed E-state index contributed by atoms with van der Waals surface area (Å²) in [7, 11) is -2.09. The van der Waals surface area contributed by atoms with Crippen LogP contribution in [0.15, 0.2) is 24.3 Å². The summed E-state index contributed by atoms with van der Waals surface area (Å²) in [6.45, 7) is 13.0. The van der Waals surface area contributed by atoms with Gasteiger partial charge in [0.1, 0.15) is 13.8 Å². The molecule has 0 amide bonds. The van der Waals surface area contributed by atoms with Crippen molar-refractivity contribution in [3.8, 4) is 17.2 Å². The molecule has 0 aliphatic carbocycles. The lowest BCUT2D eigenvalue weighted by Gasteiger charge is -2.38. The zero-order chi connectivity index (χ0) is 18.9. The van der Waals surface area contributed by atoms with E-state index in [1.54, 1.807) is 12.1 Å². The summed E-state index contributed by atoms with van der Waals surface area (Å²) in [6.07, 6.45) is 0. The van der Waals surface area contributed by atoms with E-state index in [1.165, 1.54) is 6.07 Å². The first-order chi connectivity index (χ1) is 11.6. The van der Waals surface area contributed by atoms with Crippen molar-refractivity contribution in [1.82, 2.24) is 0 Å². The zero-order valence-electron chi connectivity index (χ0n) is 15.7. The van der Waals surface area contributed by atoms with E-state index in [4.69, 9.17) is 0 Å². The number of halogens is 2. The third-order valence-corrected chi connectivity index (χ3v) is 11.6. The van der Waals surface area contributed by atoms with Gasteiger partial charge in [0.25, 0.3) is 0 Å². The molecule has 2 aromatic rings. The summed E-state index contributed by atoms with van der Waals surface area (Å²) >= 11 is 0. The molecule has 1 N–H and O–H groups in total. The van der Waals surface area contributed by atoms with Gasteiger partial charge in [-0.25, -0.2) is 8.78 Å². The van der Waals surface area contributed by atoms with Gasteiger partial charge in [-0.1, -0.05) is 59.6 Å². The molecule has 2 rings (SSSR count).